The van der Waals surface area contributed by atoms with Crippen molar-refractivity contribution in [3.05, 3.63) is 93.6 Å². The first-order valence-electron chi connectivity index (χ1n) is 12.5. The summed E-state index contributed by atoms with van der Waals surface area (Å²) >= 11 is 0. The highest BCUT2D eigenvalue weighted by Gasteiger charge is 2.31. The smallest absolute Gasteiger partial charge is 0.167 e. The van der Waals surface area contributed by atoms with Gasteiger partial charge in [0, 0.05) is 27.8 Å². The van der Waals surface area contributed by atoms with Crippen molar-refractivity contribution in [2.24, 2.45) is 0 Å². The zero-order valence-electron chi connectivity index (χ0n) is 20.5. The molecule has 3 nitrogen and oxygen atoms in total. The van der Waals surface area contributed by atoms with E-state index in [0.29, 0.717) is 25.7 Å². The van der Waals surface area contributed by atoms with Gasteiger partial charge in [-0.1, -0.05) is 36.4 Å². The Hall–Kier alpha value is -2.88. The minimum absolute atomic E-state index is 0.0384. The Morgan fingerprint density at radius 1 is 0.763 bits per heavy atom. The molecule has 0 spiro atoms. The fraction of sp³-hybridized carbons (Fsp3) is 0.379. The predicted molar refractivity (Wildman–Crippen MR) is 127 cm³/mol. The third-order valence-corrected chi connectivity index (χ3v) is 7.43. The molecule has 5 rings (SSSR count). The van der Waals surface area contributed by atoms with E-state index in [1.165, 1.54) is 43.3 Å². The zero-order valence-corrected chi connectivity index (χ0v) is 20.5. The van der Waals surface area contributed by atoms with E-state index in [1.54, 1.807) is 0 Å². The van der Waals surface area contributed by atoms with Crippen molar-refractivity contribution in [1.29, 1.82) is 0 Å². The molecule has 3 aromatic carbocycles. The number of hydrogen-bond donors (Lipinski definition) is 1. The van der Waals surface area contributed by atoms with Crippen molar-refractivity contribution < 1.29 is 40.9 Å². The standard InChI is InChI=1S/C29H26F6O3/c1-14(36)18-8-9-19(26(32)25(18)31)15-2-5-17(6-3-15)37-12-16-4-7-20(27(33)24(16)30)21-10-11-22(23-13-38-23)29(35)28(21)34/h4,7-11,14-15,17,23,36H,2-3,5-6,12-13H2,1H3. The first-order chi connectivity index (χ1) is 18.2. The van der Waals surface area contributed by atoms with E-state index in [2.05, 4.69) is 0 Å². The molecule has 0 amide bonds. The second-order valence-corrected chi connectivity index (χ2v) is 9.89. The summed E-state index contributed by atoms with van der Waals surface area (Å²) in [6, 6.07) is 7.85. The molecule has 202 valence electrons. The number of ether oxygens (including phenoxy) is 2. The van der Waals surface area contributed by atoms with Gasteiger partial charge in [-0.25, -0.2) is 26.3 Å². The lowest BCUT2D eigenvalue weighted by atomic mass is 9.82. The maximum absolute atomic E-state index is 14.9. The van der Waals surface area contributed by atoms with E-state index >= 15 is 0 Å². The van der Waals surface area contributed by atoms with E-state index in [-0.39, 0.29) is 53.1 Å². The molecule has 9 heteroatoms. The van der Waals surface area contributed by atoms with Crippen LogP contribution in [0, 0.1) is 34.9 Å². The van der Waals surface area contributed by atoms with Crippen LogP contribution < -0.4 is 0 Å². The van der Waals surface area contributed by atoms with Crippen LogP contribution in [0.5, 0.6) is 0 Å². The van der Waals surface area contributed by atoms with Crippen LogP contribution in [0.1, 0.15) is 73.0 Å². The summed E-state index contributed by atoms with van der Waals surface area (Å²) in [4.78, 5) is 0. The van der Waals surface area contributed by atoms with E-state index in [1.807, 2.05) is 0 Å². The Morgan fingerprint density at radius 2 is 1.34 bits per heavy atom. The monoisotopic (exact) mass is 536 g/mol. The van der Waals surface area contributed by atoms with Crippen molar-refractivity contribution in [3.63, 3.8) is 0 Å². The Morgan fingerprint density at radius 3 is 1.97 bits per heavy atom. The number of aliphatic hydroxyl groups is 1. The molecule has 38 heavy (non-hydrogen) atoms. The van der Waals surface area contributed by atoms with Crippen molar-refractivity contribution in [1.82, 2.24) is 0 Å². The SMILES string of the molecule is CC(O)c1ccc(C2CCC(OCc3ccc(-c4ccc(C5CO5)c(F)c4F)c(F)c3F)CC2)c(F)c1F. The average molecular weight is 537 g/mol. The van der Waals surface area contributed by atoms with Crippen LogP contribution in [0.25, 0.3) is 11.1 Å². The molecule has 1 N–H and O–H groups in total. The summed E-state index contributed by atoms with van der Waals surface area (Å²) in [5.41, 5.74) is -0.672. The maximum Gasteiger partial charge on any atom is 0.167 e. The summed E-state index contributed by atoms with van der Waals surface area (Å²) < 4.78 is 98.2. The predicted octanol–water partition coefficient (Wildman–Crippen LogP) is 7.56. The van der Waals surface area contributed by atoms with Gasteiger partial charge in [-0.05, 0) is 44.1 Å². The summed E-state index contributed by atoms with van der Waals surface area (Å²) in [5, 5.41) is 9.57. The zero-order chi connectivity index (χ0) is 27.1. The quantitative estimate of drug-likeness (QED) is 0.250. The third-order valence-electron chi connectivity index (χ3n) is 7.43. The lowest BCUT2D eigenvalue weighted by Gasteiger charge is -2.29. The summed E-state index contributed by atoms with van der Waals surface area (Å²) in [6.07, 6.45) is 0.105. The normalized spacial score (nSPS) is 21.9. The molecule has 1 saturated heterocycles. The Labute approximate surface area is 216 Å². The van der Waals surface area contributed by atoms with Crippen LogP contribution in [0.2, 0.25) is 0 Å². The Kier molecular flexibility index (Phi) is 7.53. The molecule has 3 aromatic rings. The molecule has 2 unspecified atom stereocenters. The van der Waals surface area contributed by atoms with Crippen molar-refractivity contribution in [2.45, 2.75) is 63.4 Å². The van der Waals surface area contributed by atoms with Gasteiger partial charge in [-0.15, -0.1) is 0 Å². The fourth-order valence-corrected chi connectivity index (χ4v) is 5.12. The first-order valence-corrected chi connectivity index (χ1v) is 12.5. The number of halogens is 6. The van der Waals surface area contributed by atoms with Crippen molar-refractivity contribution in [2.75, 3.05) is 6.61 Å². The summed E-state index contributed by atoms with van der Waals surface area (Å²) in [5.74, 6) is -7.16. The maximum atomic E-state index is 14.9. The lowest BCUT2D eigenvalue weighted by Crippen LogP contribution is -2.22. The van der Waals surface area contributed by atoms with Crippen LogP contribution in [-0.4, -0.2) is 17.8 Å². The van der Waals surface area contributed by atoms with Gasteiger partial charge < -0.3 is 14.6 Å². The fourth-order valence-electron chi connectivity index (χ4n) is 5.12. The van der Waals surface area contributed by atoms with Gasteiger partial charge in [0.15, 0.2) is 34.9 Å². The van der Waals surface area contributed by atoms with Crippen LogP contribution in [-0.2, 0) is 16.1 Å². The average Bonchev–Trinajstić information content (AvgIpc) is 3.74. The number of benzene rings is 3. The van der Waals surface area contributed by atoms with Gasteiger partial charge in [0.2, 0.25) is 0 Å². The number of epoxide rings is 1. The molecular formula is C29H26F6O3. The molecule has 2 fully saturated rings. The van der Waals surface area contributed by atoms with Gasteiger partial charge in [0.25, 0.3) is 0 Å². The van der Waals surface area contributed by atoms with Gasteiger partial charge in [0.05, 0.1) is 25.4 Å². The minimum Gasteiger partial charge on any atom is -0.389 e. The highest BCUT2D eigenvalue weighted by atomic mass is 19.2. The second kappa shape index (κ2) is 10.7. The van der Waals surface area contributed by atoms with Gasteiger partial charge in [-0.2, -0.15) is 0 Å². The molecule has 0 aromatic heterocycles. The molecule has 0 radical (unpaired) electrons. The largest absolute Gasteiger partial charge is 0.389 e. The number of aliphatic hydroxyl groups excluding tert-OH is 1. The first kappa shape index (κ1) is 26.7. The van der Waals surface area contributed by atoms with Crippen LogP contribution in [0.15, 0.2) is 36.4 Å². The Balaban J connectivity index is 1.22. The van der Waals surface area contributed by atoms with Gasteiger partial charge in [0.1, 0.15) is 6.10 Å². The third kappa shape index (κ3) is 5.07. The van der Waals surface area contributed by atoms with E-state index in [9.17, 15) is 31.4 Å². The molecular weight excluding hydrogens is 510 g/mol. The second-order valence-electron chi connectivity index (χ2n) is 9.89. The topological polar surface area (TPSA) is 42.0 Å². The van der Waals surface area contributed by atoms with E-state index in [4.69, 9.17) is 9.47 Å². The van der Waals surface area contributed by atoms with E-state index in [0.717, 1.165) is 0 Å². The van der Waals surface area contributed by atoms with Crippen LogP contribution >= 0.6 is 0 Å². The molecule has 0 bridgehead atoms. The van der Waals surface area contributed by atoms with Crippen molar-refractivity contribution in [3.8, 4) is 11.1 Å². The Bertz CT molecular complexity index is 1350. The minimum atomic E-state index is -1.30. The molecule has 2 aliphatic rings. The highest BCUT2D eigenvalue weighted by molar-refractivity contribution is 5.66. The molecule has 1 aliphatic carbocycles. The number of rotatable bonds is 7. The lowest BCUT2D eigenvalue weighted by molar-refractivity contribution is 0.0116. The molecule has 1 heterocycles. The molecule has 1 aliphatic heterocycles. The molecule has 2 atom stereocenters. The molecule has 1 saturated carbocycles. The summed E-state index contributed by atoms with van der Waals surface area (Å²) in [7, 11) is 0. The summed E-state index contributed by atoms with van der Waals surface area (Å²) in [6.45, 7) is 1.41. The van der Waals surface area contributed by atoms with Gasteiger partial charge >= 0.3 is 0 Å². The highest BCUT2D eigenvalue weighted by Crippen LogP contribution is 2.39. The van der Waals surface area contributed by atoms with E-state index < -0.39 is 52.7 Å². The van der Waals surface area contributed by atoms with Crippen LogP contribution in [0.4, 0.5) is 26.3 Å². The van der Waals surface area contributed by atoms with Gasteiger partial charge in [-0.3, -0.25) is 0 Å². The van der Waals surface area contributed by atoms with Crippen molar-refractivity contribution >= 4 is 0 Å². The van der Waals surface area contributed by atoms with Crippen LogP contribution in [0.3, 0.4) is 0 Å². The number of hydrogen-bond acceptors (Lipinski definition) is 3.